The summed E-state index contributed by atoms with van der Waals surface area (Å²) < 4.78 is 0. The Morgan fingerprint density at radius 1 is 1.19 bits per heavy atom. The number of hydrogen-bond acceptors (Lipinski definition) is 6. The number of nitrogens with zero attached hydrogens (tertiary/aromatic N) is 2. The monoisotopic (exact) mass is 352 g/mol. The molecule has 0 aliphatic rings. The number of nitro benzene ring substituents is 1. The van der Waals surface area contributed by atoms with Crippen molar-refractivity contribution in [2.24, 2.45) is 0 Å². The molecule has 0 atom stereocenters. The number of nitriles is 1. The Kier molecular flexibility index (Phi) is 6.42. The molecular weight excluding hydrogens is 336 g/mol. The molecule has 0 aromatic heterocycles. The van der Waals surface area contributed by atoms with Crippen molar-refractivity contribution < 1.29 is 14.8 Å². The van der Waals surface area contributed by atoms with E-state index in [1.54, 1.807) is 24.3 Å². The van der Waals surface area contributed by atoms with Crippen LogP contribution in [-0.2, 0) is 17.9 Å². The average Bonchev–Trinajstić information content (AvgIpc) is 2.66. The fraction of sp³-hybridized carbons (Fsp3) is 0.111. The second kappa shape index (κ2) is 8.96. The maximum atomic E-state index is 12.2. The maximum Gasteiger partial charge on any atom is 0.292 e. The highest BCUT2D eigenvalue weighted by Gasteiger charge is 2.17. The van der Waals surface area contributed by atoms with Crippen LogP contribution in [0.25, 0.3) is 0 Å². The second-order valence-corrected chi connectivity index (χ2v) is 5.25. The third-order valence-electron chi connectivity index (χ3n) is 3.47. The van der Waals surface area contributed by atoms with E-state index in [0.29, 0.717) is 6.54 Å². The topological polar surface area (TPSA) is 128 Å². The third kappa shape index (κ3) is 4.90. The van der Waals surface area contributed by atoms with E-state index in [1.165, 1.54) is 24.4 Å². The van der Waals surface area contributed by atoms with Crippen molar-refractivity contribution in [3.05, 3.63) is 81.5 Å². The number of benzene rings is 2. The van der Waals surface area contributed by atoms with Gasteiger partial charge in [-0.3, -0.25) is 14.9 Å². The van der Waals surface area contributed by atoms with Gasteiger partial charge in [-0.2, -0.15) is 5.26 Å². The van der Waals surface area contributed by atoms with Crippen molar-refractivity contribution in [2.75, 3.05) is 5.32 Å². The molecule has 0 saturated heterocycles. The molecule has 1 amide bonds. The standard InChI is InChI=1S/C18H16N4O4/c19-9-15(11-20-10-13-5-7-14(12-23)8-6-13)18(24)21-16-3-1-2-4-17(16)22(25)26/h1-8,11,20,23H,10,12H2,(H,21,24)/b15-11-. The molecule has 0 aliphatic heterocycles. The van der Waals surface area contributed by atoms with Crippen molar-refractivity contribution >= 4 is 17.3 Å². The van der Waals surface area contributed by atoms with Crippen LogP contribution in [0.3, 0.4) is 0 Å². The van der Waals surface area contributed by atoms with Gasteiger partial charge in [-0.1, -0.05) is 36.4 Å². The minimum atomic E-state index is -0.745. The second-order valence-electron chi connectivity index (χ2n) is 5.25. The summed E-state index contributed by atoms with van der Waals surface area (Å²) in [6.07, 6.45) is 1.25. The van der Waals surface area contributed by atoms with Crippen LogP contribution in [0.5, 0.6) is 0 Å². The lowest BCUT2D eigenvalue weighted by Gasteiger charge is -2.06. The van der Waals surface area contributed by atoms with Gasteiger partial charge in [0.05, 0.1) is 11.5 Å². The normalized spacial score (nSPS) is 10.7. The first-order valence-electron chi connectivity index (χ1n) is 7.62. The highest BCUT2D eigenvalue weighted by atomic mass is 16.6. The van der Waals surface area contributed by atoms with Crippen LogP contribution in [0, 0.1) is 21.4 Å². The van der Waals surface area contributed by atoms with E-state index in [-0.39, 0.29) is 23.6 Å². The van der Waals surface area contributed by atoms with Crippen molar-refractivity contribution in [3.63, 3.8) is 0 Å². The van der Waals surface area contributed by atoms with Crippen molar-refractivity contribution in [1.82, 2.24) is 5.32 Å². The van der Waals surface area contributed by atoms with E-state index in [0.717, 1.165) is 11.1 Å². The third-order valence-corrected chi connectivity index (χ3v) is 3.47. The van der Waals surface area contributed by atoms with Gasteiger partial charge in [0.2, 0.25) is 0 Å². The Hall–Kier alpha value is -3.70. The van der Waals surface area contributed by atoms with E-state index >= 15 is 0 Å². The van der Waals surface area contributed by atoms with Crippen LogP contribution in [-0.4, -0.2) is 15.9 Å². The minimum Gasteiger partial charge on any atom is -0.392 e. The van der Waals surface area contributed by atoms with Gasteiger partial charge in [0.15, 0.2) is 0 Å². The van der Waals surface area contributed by atoms with Crippen LogP contribution >= 0.6 is 0 Å². The summed E-state index contributed by atoms with van der Waals surface area (Å²) in [5, 5.41) is 34.3. The summed E-state index contributed by atoms with van der Waals surface area (Å²) in [5.74, 6) is -0.745. The average molecular weight is 352 g/mol. The summed E-state index contributed by atoms with van der Waals surface area (Å²) in [4.78, 5) is 22.5. The van der Waals surface area contributed by atoms with Crippen molar-refractivity contribution in [1.29, 1.82) is 5.26 Å². The first-order valence-corrected chi connectivity index (χ1v) is 7.62. The minimum absolute atomic E-state index is 0.0169. The van der Waals surface area contributed by atoms with Crippen molar-refractivity contribution in [3.8, 4) is 6.07 Å². The van der Waals surface area contributed by atoms with Gasteiger partial charge < -0.3 is 15.7 Å². The molecule has 8 nitrogen and oxygen atoms in total. The van der Waals surface area contributed by atoms with Gasteiger partial charge in [-0.15, -0.1) is 0 Å². The molecule has 0 bridgehead atoms. The predicted octanol–water partition coefficient (Wildman–Crippen LogP) is 2.22. The summed E-state index contributed by atoms with van der Waals surface area (Å²) >= 11 is 0. The van der Waals surface area contributed by atoms with E-state index in [1.807, 2.05) is 12.1 Å². The van der Waals surface area contributed by atoms with Gasteiger partial charge >= 0.3 is 0 Å². The van der Waals surface area contributed by atoms with E-state index in [9.17, 15) is 14.9 Å². The fourth-order valence-corrected chi connectivity index (χ4v) is 2.11. The molecule has 0 saturated carbocycles. The lowest BCUT2D eigenvalue weighted by Crippen LogP contribution is -2.17. The highest BCUT2D eigenvalue weighted by molar-refractivity contribution is 6.07. The lowest BCUT2D eigenvalue weighted by atomic mass is 10.1. The maximum absolute atomic E-state index is 12.2. The Morgan fingerprint density at radius 2 is 1.85 bits per heavy atom. The molecule has 2 aromatic carbocycles. The molecule has 0 fully saturated rings. The number of carbonyl (C=O) groups is 1. The zero-order chi connectivity index (χ0) is 18.9. The number of aliphatic hydroxyl groups excluding tert-OH is 1. The number of carbonyl (C=O) groups excluding carboxylic acids is 1. The molecule has 0 unspecified atom stereocenters. The number of anilines is 1. The summed E-state index contributed by atoms with van der Waals surface area (Å²) in [6, 6.07) is 14.6. The SMILES string of the molecule is N#C/C(=C/NCc1ccc(CO)cc1)C(=O)Nc1ccccc1[N+](=O)[O-]. The molecule has 0 heterocycles. The summed E-state index contributed by atoms with van der Waals surface area (Å²) in [6.45, 7) is 0.327. The molecule has 132 valence electrons. The highest BCUT2D eigenvalue weighted by Crippen LogP contribution is 2.23. The largest absolute Gasteiger partial charge is 0.392 e. The molecule has 2 rings (SSSR count). The molecule has 2 aromatic rings. The Labute approximate surface area is 149 Å². The van der Waals surface area contributed by atoms with Gasteiger partial charge in [-0.25, -0.2) is 0 Å². The quantitative estimate of drug-likeness (QED) is 0.303. The number of hydrogen-bond donors (Lipinski definition) is 3. The van der Waals surface area contributed by atoms with Gasteiger partial charge in [0, 0.05) is 18.8 Å². The lowest BCUT2D eigenvalue weighted by molar-refractivity contribution is -0.383. The fourth-order valence-electron chi connectivity index (χ4n) is 2.11. The number of para-hydroxylation sites is 2. The molecular formula is C18H16N4O4. The van der Waals surface area contributed by atoms with Gasteiger partial charge in [0.1, 0.15) is 17.3 Å². The zero-order valence-electron chi connectivity index (χ0n) is 13.7. The summed E-state index contributed by atoms with van der Waals surface area (Å²) in [5.41, 5.74) is 1.23. The Bertz CT molecular complexity index is 870. The van der Waals surface area contributed by atoms with E-state index in [4.69, 9.17) is 10.4 Å². The number of aliphatic hydroxyl groups is 1. The number of rotatable bonds is 7. The van der Waals surface area contributed by atoms with Gasteiger partial charge in [-0.05, 0) is 17.2 Å². The number of amides is 1. The molecule has 3 N–H and O–H groups in total. The molecule has 0 spiro atoms. The molecule has 0 radical (unpaired) electrons. The molecule has 8 heteroatoms. The van der Waals surface area contributed by atoms with Crippen LogP contribution < -0.4 is 10.6 Å². The smallest absolute Gasteiger partial charge is 0.292 e. The number of nitro groups is 1. The Balaban J connectivity index is 2.03. The van der Waals surface area contributed by atoms with Crippen LogP contribution in [0.15, 0.2) is 60.3 Å². The zero-order valence-corrected chi connectivity index (χ0v) is 13.7. The van der Waals surface area contributed by atoms with Crippen molar-refractivity contribution in [2.45, 2.75) is 13.2 Å². The predicted molar refractivity (Wildman–Crippen MR) is 94.6 cm³/mol. The first kappa shape index (κ1) is 18.6. The number of nitrogens with one attached hydrogen (secondary N) is 2. The Morgan fingerprint density at radius 3 is 2.46 bits per heavy atom. The van der Waals surface area contributed by atoms with E-state index < -0.39 is 10.8 Å². The summed E-state index contributed by atoms with van der Waals surface area (Å²) in [7, 11) is 0. The van der Waals surface area contributed by atoms with Crippen LogP contribution in [0.4, 0.5) is 11.4 Å². The van der Waals surface area contributed by atoms with Gasteiger partial charge in [0.25, 0.3) is 11.6 Å². The molecule has 26 heavy (non-hydrogen) atoms. The van der Waals surface area contributed by atoms with Crippen LogP contribution in [0.2, 0.25) is 0 Å². The first-order chi connectivity index (χ1) is 12.5. The molecule has 0 aliphatic carbocycles. The van der Waals surface area contributed by atoms with Crippen LogP contribution in [0.1, 0.15) is 11.1 Å². The van der Waals surface area contributed by atoms with E-state index in [2.05, 4.69) is 10.6 Å².